The first-order valence-electron chi connectivity index (χ1n) is 5.33. The number of benzene rings is 1. The van der Waals surface area contributed by atoms with Gasteiger partial charge in [-0.15, -0.1) is 0 Å². The van der Waals surface area contributed by atoms with Crippen molar-refractivity contribution in [2.75, 3.05) is 0 Å². The Balaban J connectivity index is 2.90. The first-order chi connectivity index (χ1) is 8.87. The minimum Gasteiger partial charge on any atom is -0.241 e. The van der Waals surface area contributed by atoms with Crippen LogP contribution in [0, 0.1) is 0 Å². The van der Waals surface area contributed by atoms with Gasteiger partial charge in [0.15, 0.2) is 0 Å². The second kappa shape index (κ2) is 4.97. The Kier molecular flexibility index (Phi) is 3.69. The Labute approximate surface area is 113 Å². The molecule has 1 aromatic carbocycles. The van der Waals surface area contributed by atoms with E-state index in [0.29, 0.717) is 17.5 Å². The van der Waals surface area contributed by atoms with Gasteiger partial charge in [0, 0.05) is 10.4 Å². The molecule has 0 aliphatic carbocycles. The lowest BCUT2D eigenvalue weighted by molar-refractivity contribution is 0.235. The molecule has 1 heterocycles. The summed E-state index contributed by atoms with van der Waals surface area (Å²) in [6.07, 6.45) is 1.66. The normalized spacial score (nSPS) is 12.3. The van der Waals surface area contributed by atoms with Crippen LogP contribution in [0.5, 0.6) is 0 Å². The zero-order valence-corrected chi connectivity index (χ0v) is 11.3. The quantitative estimate of drug-likeness (QED) is 0.875. The Hall–Kier alpha value is -1.34. The molecule has 2 rings (SSSR count). The molecule has 0 spiro atoms. The third-order valence-electron chi connectivity index (χ3n) is 2.63. The summed E-state index contributed by atoms with van der Waals surface area (Å²) in [6.45, 7) is 1.81. The van der Waals surface area contributed by atoms with Gasteiger partial charge in [-0.1, -0.05) is 18.5 Å². The van der Waals surface area contributed by atoms with E-state index in [-0.39, 0.29) is 10.5 Å². The SMILES string of the molecule is CCc1ncnc2c(S(=O)(=O)C(F)F)cc(Cl)cc12. The minimum atomic E-state index is -4.76. The third kappa shape index (κ3) is 2.40. The fourth-order valence-corrected chi connectivity index (χ4v) is 2.95. The maximum absolute atomic E-state index is 12.7. The highest BCUT2D eigenvalue weighted by atomic mass is 35.5. The molecule has 0 radical (unpaired) electrons. The summed E-state index contributed by atoms with van der Waals surface area (Å²) < 4.78 is 48.6. The van der Waals surface area contributed by atoms with E-state index in [1.165, 1.54) is 6.07 Å². The summed E-state index contributed by atoms with van der Waals surface area (Å²) in [6, 6.07) is 2.46. The van der Waals surface area contributed by atoms with Crippen LogP contribution in [-0.2, 0) is 16.3 Å². The fraction of sp³-hybridized carbons (Fsp3) is 0.273. The summed E-state index contributed by atoms with van der Waals surface area (Å²) in [7, 11) is -4.76. The van der Waals surface area contributed by atoms with Gasteiger partial charge in [0.25, 0.3) is 0 Å². The molecule has 8 heteroatoms. The van der Waals surface area contributed by atoms with E-state index >= 15 is 0 Å². The van der Waals surface area contributed by atoms with Gasteiger partial charge in [0.1, 0.15) is 11.2 Å². The second-order valence-electron chi connectivity index (χ2n) is 3.78. The molecule has 1 aromatic heterocycles. The number of sulfone groups is 1. The molecule has 0 bridgehead atoms. The van der Waals surface area contributed by atoms with Crippen molar-refractivity contribution in [2.24, 2.45) is 0 Å². The molecule has 0 aliphatic heterocycles. The van der Waals surface area contributed by atoms with Crippen molar-refractivity contribution in [3.05, 3.63) is 29.2 Å². The number of fused-ring (bicyclic) bond motifs is 1. The standard InChI is InChI=1S/C11H9ClF2N2O2S/c1-2-8-7-3-6(12)4-9(10(7)16-5-15-8)19(17,18)11(13)14/h3-5,11H,2H2,1H3. The molecular formula is C11H9ClF2N2O2S. The topological polar surface area (TPSA) is 59.9 Å². The highest BCUT2D eigenvalue weighted by molar-refractivity contribution is 7.92. The number of rotatable bonds is 3. The van der Waals surface area contributed by atoms with Crippen molar-refractivity contribution in [3.63, 3.8) is 0 Å². The van der Waals surface area contributed by atoms with Crippen LogP contribution in [0.1, 0.15) is 12.6 Å². The molecule has 19 heavy (non-hydrogen) atoms. The Morgan fingerprint density at radius 2 is 2.00 bits per heavy atom. The van der Waals surface area contributed by atoms with Crippen LogP contribution in [0.15, 0.2) is 23.4 Å². The summed E-state index contributed by atoms with van der Waals surface area (Å²) >= 11 is 5.80. The van der Waals surface area contributed by atoms with Gasteiger partial charge in [-0.05, 0) is 18.6 Å². The van der Waals surface area contributed by atoms with Gasteiger partial charge in [-0.2, -0.15) is 8.78 Å². The van der Waals surface area contributed by atoms with Crippen LogP contribution in [0.4, 0.5) is 8.78 Å². The lowest BCUT2D eigenvalue weighted by Crippen LogP contribution is -2.12. The van der Waals surface area contributed by atoms with Crippen LogP contribution in [0.25, 0.3) is 10.9 Å². The summed E-state index contributed by atoms with van der Waals surface area (Å²) in [5.41, 5.74) is 0.523. The first kappa shape index (κ1) is 14.1. The predicted octanol–water partition coefficient (Wildman–Crippen LogP) is 2.84. The number of hydrogen-bond acceptors (Lipinski definition) is 4. The van der Waals surface area contributed by atoms with E-state index in [1.807, 2.05) is 6.92 Å². The van der Waals surface area contributed by atoms with Crippen molar-refractivity contribution < 1.29 is 17.2 Å². The van der Waals surface area contributed by atoms with E-state index in [4.69, 9.17) is 11.6 Å². The number of aryl methyl sites for hydroxylation is 1. The molecule has 2 aromatic rings. The molecule has 102 valence electrons. The molecule has 0 aliphatic rings. The van der Waals surface area contributed by atoms with Gasteiger partial charge in [0.05, 0.1) is 11.2 Å². The van der Waals surface area contributed by atoms with Crippen molar-refractivity contribution in [2.45, 2.75) is 24.0 Å². The second-order valence-corrected chi connectivity index (χ2v) is 6.10. The molecule has 0 fully saturated rings. The third-order valence-corrected chi connectivity index (χ3v) is 4.24. The highest BCUT2D eigenvalue weighted by Crippen LogP contribution is 2.30. The Morgan fingerprint density at radius 1 is 1.32 bits per heavy atom. The number of alkyl halides is 2. The maximum atomic E-state index is 12.7. The van der Waals surface area contributed by atoms with Gasteiger partial charge >= 0.3 is 5.76 Å². The summed E-state index contributed by atoms with van der Waals surface area (Å²) in [5, 5.41) is 0.424. The van der Waals surface area contributed by atoms with Crippen LogP contribution >= 0.6 is 11.6 Å². The van der Waals surface area contributed by atoms with Gasteiger partial charge in [-0.3, -0.25) is 0 Å². The minimum absolute atomic E-state index is 0.0310. The predicted molar refractivity (Wildman–Crippen MR) is 67.1 cm³/mol. The van der Waals surface area contributed by atoms with Crippen LogP contribution in [-0.4, -0.2) is 24.1 Å². The van der Waals surface area contributed by atoms with Gasteiger partial charge < -0.3 is 0 Å². The maximum Gasteiger partial charge on any atom is 0.341 e. The average Bonchev–Trinajstić information content (AvgIpc) is 2.36. The van der Waals surface area contributed by atoms with Crippen molar-refractivity contribution in [3.8, 4) is 0 Å². The molecule has 0 atom stereocenters. The molecule has 0 amide bonds. The average molecular weight is 307 g/mol. The molecule has 0 unspecified atom stereocenters. The molecule has 0 N–H and O–H groups in total. The van der Waals surface area contributed by atoms with Crippen molar-refractivity contribution >= 4 is 32.3 Å². The van der Waals surface area contributed by atoms with E-state index in [2.05, 4.69) is 9.97 Å². The fourth-order valence-electron chi connectivity index (χ4n) is 1.75. The van der Waals surface area contributed by atoms with E-state index in [9.17, 15) is 17.2 Å². The number of nitrogens with zero attached hydrogens (tertiary/aromatic N) is 2. The number of halogens is 3. The largest absolute Gasteiger partial charge is 0.341 e. The van der Waals surface area contributed by atoms with Crippen LogP contribution in [0.2, 0.25) is 5.02 Å². The molecule has 0 saturated carbocycles. The number of hydrogen-bond donors (Lipinski definition) is 0. The Morgan fingerprint density at radius 3 is 2.58 bits per heavy atom. The summed E-state index contributed by atoms with van der Waals surface area (Å²) in [5.74, 6) is -3.52. The summed E-state index contributed by atoms with van der Waals surface area (Å²) in [4.78, 5) is 7.21. The number of aromatic nitrogens is 2. The molecule has 4 nitrogen and oxygen atoms in total. The molecule has 0 saturated heterocycles. The van der Waals surface area contributed by atoms with E-state index in [1.54, 1.807) is 0 Å². The Bertz CT molecular complexity index is 735. The van der Waals surface area contributed by atoms with Crippen LogP contribution < -0.4 is 0 Å². The molecular weight excluding hydrogens is 298 g/mol. The van der Waals surface area contributed by atoms with Crippen LogP contribution in [0.3, 0.4) is 0 Å². The zero-order valence-electron chi connectivity index (χ0n) is 9.77. The smallest absolute Gasteiger partial charge is 0.241 e. The lowest BCUT2D eigenvalue weighted by atomic mass is 10.1. The van der Waals surface area contributed by atoms with Gasteiger partial charge in [0.2, 0.25) is 9.84 Å². The van der Waals surface area contributed by atoms with Gasteiger partial charge in [-0.25, -0.2) is 18.4 Å². The monoisotopic (exact) mass is 306 g/mol. The van der Waals surface area contributed by atoms with Crippen molar-refractivity contribution in [1.82, 2.24) is 9.97 Å². The highest BCUT2D eigenvalue weighted by Gasteiger charge is 2.30. The van der Waals surface area contributed by atoms with E-state index in [0.717, 1.165) is 12.4 Å². The zero-order chi connectivity index (χ0) is 14.2. The van der Waals surface area contributed by atoms with E-state index < -0.39 is 20.5 Å². The first-order valence-corrected chi connectivity index (χ1v) is 7.25. The lowest BCUT2D eigenvalue weighted by Gasteiger charge is -2.09. The van der Waals surface area contributed by atoms with Crippen molar-refractivity contribution in [1.29, 1.82) is 0 Å².